The van der Waals surface area contributed by atoms with Crippen molar-refractivity contribution in [3.05, 3.63) is 66.1 Å². The number of amides is 1. The molecule has 3 heterocycles. The Labute approximate surface area is 156 Å². The number of hydrogen-bond donors (Lipinski definition) is 1. The molecular weight excluding hydrogens is 345 g/mol. The van der Waals surface area contributed by atoms with Crippen LogP contribution in [0.15, 0.2) is 49.1 Å². The predicted octanol–water partition coefficient (Wildman–Crippen LogP) is 3.10. The van der Waals surface area contributed by atoms with Crippen LogP contribution in [0.3, 0.4) is 0 Å². The summed E-state index contributed by atoms with van der Waals surface area (Å²) in [6.07, 6.45) is 9.64. The molecule has 1 amide bonds. The lowest BCUT2D eigenvalue weighted by Gasteiger charge is -2.32. The van der Waals surface area contributed by atoms with Gasteiger partial charge in [0, 0.05) is 37.2 Å². The maximum absolute atomic E-state index is 13.4. The van der Waals surface area contributed by atoms with E-state index in [-0.39, 0.29) is 11.7 Å². The van der Waals surface area contributed by atoms with E-state index in [9.17, 15) is 9.18 Å². The van der Waals surface area contributed by atoms with Crippen molar-refractivity contribution in [3.8, 4) is 11.5 Å². The Morgan fingerprint density at radius 3 is 2.93 bits per heavy atom. The van der Waals surface area contributed by atoms with Crippen molar-refractivity contribution in [3.63, 3.8) is 0 Å². The molecule has 6 nitrogen and oxygen atoms in total. The number of H-pyrrole nitrogens is 1. The smallest absolute Gasteiger partial charge is 0.253 e. The zero-order chi connectivity index (χ0) is 18.6. The van der Waals surface area contributed by atoms with Gasteiger partial charge in [-0.1, -0.05) is 6.07 Å². The van der Waals surface area contributed by atoms with Gasteiger partial charge in [-0.3, -0.25) is 9.78 Å². The highest BCUT2D eigenvalue weighted by Gasteiger charge is 2.25. The molecule has 1 fully saturated rings. The van der Waals surface area contributed by atoms with Crippen LogP contribution in [0.4, 0.5) is 4.39 Å². The van der Waals surface area contributed by atoms with E-state index in [0.29, 0.717) is 36.1 Å². The highest BCUT2D eigenvalue weighted by atomic mass is 19.1. The van der Waals surface area contributed by atoms with E-state index in [1.54, 1.807) is 36.9 Å². The fraction of sp³-hybridized carbons (Fsp3) is 0.300. The zero-order valence-corrected chi connectivity index (χ0v) is 14.8. The topological polar surface area (TPSA) is 74.8 Å². The van der Waals surface area contributed by atoms with Crippen molar-refractivity contribution in [2.45, 2.75) is 19.3 Å². The van der Waals surface area contributed by atoms with Crippen LogP contribution >= 0.6 is 0 Å². The van der Waals surface area contributed by atoms with Crippen LogP contribution in [-0.2, 0) is 6.42 Å². The van der Waals surface area contributed by atoms with Crippen LogP contribution in [0, 0.1) is 11.7 Å². The van der Waals surface area contributed by atoms with Crippen molar-refractivity contribution in [2.75, 3.05) is 13.1 Å². The average molecular weight is 365 g/mol. The Morgan fingerprint density at radius 2 is 2.19 bits per heavy atom. The molecular formula is C20H20FN5O. The molecule has 0 radical (unpaired) electrons. The summed E-state index contributed by atoms with van der Waals surface area (Å²) in [5.74, 6) is 0.512. The summed E-state index contributed by atoms with van der Waals surface area (Å²) in [6, 6.07) is 5.87. The van der Waals surface area contributed by atoms with Crippen molar-refractivity contribution in [1.29, 1.82) is 0 Å². The molecule has 138 valence electrons. The van der Waals surface area contributed by atoms with Crippen molar-refractivity contribution >= 4 is 5.91 Å². The first-order valence-electron chi connectivity index (χ1n) is 9.04. The summed E-state index contributed by atoms with van der Waals surface area (Å²) in [4.78, 5) is 30.5. The molecule has 1 aromatic carbocycles. The minimum absolute atomic E-state index is 0.113. The highest BCUT2D eigenvalue weighted by molar-refractivity contribution is 5.94. The second-order valence-electron chi connectivity index (χ2n) is 6.80. The summed E-state index contributed by atoms with van der Waals surface area (Å²) < 4.78 is 13.4. The number of nitrogens with one attached hydrogen (secondary N) is 1. The van der Waals surface area contributed by atoms with Gasteiger partial charge in [-0.05, 0) is 43.4 Å². The third-order valence-corrected chi connectivity index (χ3v) is 4.82. The summed E-state index contributed by atoms with van der Waals surface area (Å²) in [7, 11) is 0. The standard InChI is InChI=1S/C20H20FN5O/c21-16-5-1-4-15(10-16)20(27)26-8-2-3-14(13-26)9-17-11-25-18(12-24-17)19-22-6-7-23-19/h1,4-7,10-12,14H,2-3,8-9,13H2,(H,22,23). The van der Waals surface area contributed by atoms with E-state index >= 15 is 0 Å². The van der Waals surface area contributed by atoms with Gasteiger partial charge >= 0.3 is 0 Å². The van der Waals surface area contributed by atoms with Crippen LogP contribution in [0.5, 0.6) is 0 Å². The first-order chi connectivity index (χ1) is 13.2. The molecule has 27 heavy (non-hydrogen) atoms. The van der Waals surface area contributed by atoms with E-state index in [1.165, 1.54) is 12.1 Å². The average Bonchev–Trinajstić information content (AvgIpc) is 3.23. The molecule has 2 aromatic heterocycles. The van der Waals surface area contributed by atoms with Gasteiger partial charge in [0.2, 0.25) is 0 Å². The van der Waals surface area contributed by atoms with Gasteiger partial charge in [-0.2, -0.15) is 0 Å². The molecule has 0 spiro atoms. The van der Waals surface area contributed by atoms with Crippen molar-refractivity contribution in [2.24, 2.45) is 5.92 Å². The van der Waals surface area contributed by atoms with E-state index in [0.717, 1.165) is 25.0 Å². The Balaban J connectivity index is 1.40. The van der Waals surface area contributed by atoms with Crippen LogP contribution in [0.25, 0.3) is 11.5 Å². The minimum Gasteiger partial charge on any atom is -0.343 e. The van der Waals surface area contributed by atoms with Gasteiger partial charge < -0.3 is 9.88 Å². The molecule has 0 saturated carbocycles. The first-order valence-corrected chi connectivity index (χ1v) is 9.04. The second kappa shape index (κ2) is 7.65. The number of imidazole rings is 1. The highest BCUT2D eigenvalue weighted by Crippen LogP contribution is 2.22. The monoisotopic (exact) mass is 365 g/mol. The van der Waals surface area contributed by atoms with E-state index in [1.807, 2.05) is 4.90 Å². The Bertz CT molecular complexity index is 910. The number of likely N-dealkylation sites (tertiary alicyclic amines) is 1. The fourth-order valence-corrected chi connectivity index (χ4v) is 3.50. The van der Waals surface area contributed by atoms with E-state index in [4.69, 9.17) is 0 Å². The quantitative estimate of drug-likeness (QED) is 0.771. The van der Waals surface area contributed by atoms with Gasteiger partial charge in [0.05, 0.1) is 11.9 Å². The third kappa shape index (κ3) is 4.02. The normalized spacial score (nSPS) is 17.1. The lowest BCUT2D eigenvalue weighted by molar-refractivity contribution is 0.0672. The number of hydrogen-bond acceptors (Lipinski definition) is 4. The summed E-state index contributed by atoms with van der Waals surface area (Å²) in [5.41, 5.74) is 2.00. The van der Waals surface area contributed by atoms with Crippen LogP contribution in [0.2, 0.25) is 0 Å². The lowest BCUT2D eigenvalue weighted by Crippen LogP contribution is -2.40. The Morgan fingerprint density at radius 1 is 1.26 bits per heavy atom. The number of piperidine rings is 1. The molecule has 1 unspecified atom stereocenters. The van der Waals surface area contributed by atoms with Crippen LogP contribution in [-0.4, -0.2) is 43.8 Å². The SMILES string of the molecule is O=C(c1cccc(F)c1)N1CCCC(Cc2cnc(-c3ncc[nH]3)cn2)C1. The van der Waals surface area contributed by atoms with Crippen molar-refractivity contribution < 1.29 is 9.18 Å². The number of aromatic nitrogens is 4. The van der Waals surface area contributed by atoms with E-state index < -0.39 is 0 Å². The predicted molar refractivity (Wildman–Crippen MR) is 98.3 cm³/mol. The molecule has 1 saturated heterocycles. The molecule has 4 rings (SSSR count). The number of rotatable bonds is 4. The molecule has 1 N–H and O–H groups in total. The molecule has 1 aliphatic heterocycles. The molecule has 3 aromatic rings. The summed E-state index contributed by atoms with van der Waals surface area (Å²) in [5, 5.41) is 0. The van der Waals surface area contributed by atoms with E-state index in [2.05, 4.69) is 19.9 Å². The molecule has 1 aliphatic rings. The number of carbonyl (C=O) groups excluding carboxylic acids is 1. The molecule has 1 atom stereocenters. The lowest BCUT2D eigenvalue weighted by atomic mass is 9.93. The first kappa shape index (κ1) is 17.3. The minimum atomic E-state index is -0.388. The summed E-state index contributed by atoms with van der Waals surface area (Å²) >= 11 is 0. The van der Waals surface area contributed by atoms with Gasteiger partial charge in [-0.15, -0.1) is 0 Å². The second-order valence-corrected chi connectivity index (χ2v) is 6.80. The number of halogens is 1. The van der Waals surface area contributed by atoms with Gasteiger partial charge in [0.15, 0.2) is 5.82 Å². The molecule has 7 heteroatoms. The van der Waals surface area contributed by atoms with Crippen LogP contribution in [0.1, 0.15) is 28.9 Å². The van der Waals surface area contributed by atoms with Gasteiger partial charge in [-0.25, -0.2) is 14.4 Å². The van der Waals surface area contributed by atoms with Gasteiger partial charge in [0.25, 0.3) is 5.91 Å². The number of benzene rings is 1. The number of carbonyl (C=O) groups is 1. The largest absolute Gasteiger partial charge is 0.343 e. The Hall–Kier alpha value is -3.09. The molecule has 0 aliphatic carbocycles. The zero-order valence-electron chi connectivity index (χ0n) is 14.8. The third-order valence-electron chi connectivity index (χ3n) is 4.82. The molecule has 0 bridgehead atoms. The number of aromatic amines is 1. The number of nitrogens with zero attached hydrogens (tertiary/aromatic N) is 4. The maximum Gasteiger partial charge on any atom is 0.253 e. The fourth-order valence-electron chi connectivity index (χ4n) is 3.50. The Kier molecular flexibility index (Phi) is 4.91. The summed E-state index contributed by atoms with van der Waals surface area (Å²) in [6.45, 7) is 1.35. The van der Waals surface area contributed by atoms with Crippen LogP contribution < -0.4 is 0 Å². The van der Waals surface area contributed by atoms with Crippen molar-refractivity contribution in [1.82, 2.24) is 24.8 Å². The maximum atomic E-state index is 13.4. The van der Waals surface area contributed by atoms with Gasteiger partial charge in [0.1, 0.15) is 11.5 Å².